The van der Waals surface area contributed by atoms with Gasteiger partial charge in [0.15, 0.2) is 0 Å². The average Bonchev–Trinajstić information content (AvgIpc) is 2.65. The van der Waals surface area contributed by atoms with Gasteiger partial charge in [0, 0.05) is 36.9 Å². The molecule has 1 aliphatic rings. The molecule has 1 saturated heterocycles. The summed E-state index contributed by atoms with van der Waals surface area (Å²) in [6.07, 6.45) is 0. The Morgan fingerprint density at radius 1 is 0.962 bits per heavy atom. The van der Waals surface area contributed by atoms with Crippen LogP contribution in [0.25, 0.3) is 0 Å². The van der Waals surface area contributed by atoms with Crippen LogP contribution in [0.2, 0.25) is 5.02 Å². The minimum Gasteiger partial charge on any atom is -0.497 e. The van der Waals surface area contributed by atoms with Crippen LogP contribution in [0.4, 0.5) is 5.69 Å². The lowest BCUT2D eigenvalue weighted by Crippen LogP contribution is -2.48. The Balaban J connectivity index is 1.75. The minimum atomic E-state index is -3.52. The molecule has 5 nitrogen and oxygen atoms in total. The highest BCUT2D eigenvalue weighted by Gasteiger charge is 2.30. The van der Waals surface area contributed by atoms with Gasteiger partial charge in [0.05, 0.1) is 12.0 Å². The molecular weight excluding hydrogens is 372 g/mol. The smallest absolute Gasteiger partial charge is 0.243 e. The number of nitrogens with zero attached hydrogens (tertiary/aromatic N) is 2. The van der Waals surface area contributed by atoms with Crippen molar-refractivity contribution in [3.05, 3.63) is 52.5 Å². The van der Waals surface area contributed by atoms with Gasteiger partial charge in [-0.25, -0.2) is 8.42 Å². The minimum absolute atomic E-state index is 0.345. The fourth-order valence-electron chi connectivity index (χ4n) is 3.15. The topological polar surface area (TPSA) is 49.9 Å². The van der Waals surface area contributed by atoms with Crippen molar-refractivity contribution >= 4 is 27.3 Å². The molecule has 26 heavy (non-hydrogen) atoms. The summed E-state index contributed by atoms with van der Waals surface area (Å²) in [7, 11) is -1.88. The van der Waals surface area contributed by atoms with Gasteiger partial charge in [-0.15, -0.1) is 0 Å². The van der Waals surface area contributed by atoms with E-state index in [2.05, 4.69) is 4.90 Å². The largest absolute Gasteiger partial charge is 0.497 e. The highest BCUT2D eigenvalue weighted by atomic mass is 35.5. The lowest BCUT2D eigenvalue weighted by atomic mass is 10.2. The maximum Gasteiger partial charge on any atom is 0.243 e. The van der Waals surface area contributed by atoms with E-state index in [1.165, 1.54) is 0 Å². The van der Waals surface area contributed by atoms with Gasteiger partial charge in [-0.2, -0.15) is 4.31 Å². The quantitative estimate of drug-likeness (QED) is 0.796. The van der Waals surface area contributed by atoms with Crippen molar-refractivity contribution in [1.82, 2.24) is 4.31 Å². The number of halogens is 1. The van der Waals surface area contributed by atoms with Gasteiger partial charge in [0.1, 0.15) is 5.75 Å². The lowest BCUT2D eigenvalue weighted by molar-refractivity contribution is 0.384. The molecule has 0 saturated carbocycles. The molecule has 0 unspecified atom stereocenters. The number of sulfonamides is 1. The molecule has 1 aliphatic heterocycles. The number of hydrogen-bond acceptors (Lipinski definition) is 4. The van der Waals surface area contributed by atoms with Crippen LogP contribution in [0.1, 0.15) is 11.1 Å². The molecule has 0 atom stereocenters. The number of aryl methyl sites for hydroxylation is 2. The van der Waals surface area contributed by atoms with E-state index in [-0.39, 0.29) is 0 Å². The zero-order valence-corrected chi connectivity index (χ0v) is 16.8. The van der Waals surface area contributed by atoms with Crippen molar-refractivity contribution in [3.63, 3.8) is 0 Å². The molecule has 1 fully saturated rings. The van der Waals surface area contributed by atoms with Crippen molar-refractivity contribution in [2.24, 2.45) is 0 Å². The number of methoxy groups -OCH3 is 1. The van der Waals surface area contributed by atoms with E-state index in [9.17, 15) is 8.42 Å². The molecule has 1 heterocycles. The molecular formula is C19H23ClN2O3S. The molecule has 0 aromatic heterocycles. The first kappa shape index (κ1) is 19.0. The Labute approximate surface area is 160 Å². The second-order valence-corrected chi connectivity index (χ2v) is 8.77. The van der Waals surface area contributed by atoms with E-state index < -0.39 is 10.0 Å². The molecule has 0 aliphatic carbocycles. The Bertz CT molecular complexity index is 890. The molecule has 2 aromatic carbocycles. The second kappa shape index (κ2) is 7.47. The molecule has 3 rings (SSSR count). The normalized spacial score (nSPS) is 15.9. The Morgan fingerprint density at radius 3 is 2.15 bits per heavy atom. The molecule has 0 spiro atoms. The first-order valence-corrected chi connectivity index (χ1v) is 10.3. The van der Waals surface area contributed by atoms with Gasteiger partial charge in [-0.05, 0) is 61.4 Å². The van der Waals surface area contributed by atoms with Crippen molar-refractivity contribution in [3.8, 4) is 5.75 Å². The van der Waals surface area contributed by atoms with Crippen LogP contribution in [0, 0.1) is 13.8 Å². The fourth-order valence-corrected chi connectivity index (χ4v) is 5.08. The third kappa shape index (κ3) is 3.68. The summed E-state index contributed by atoms with van der Waals surface area (Å²) in [6.45, 7) is 5.81. The van der Waals surface area contributed by atoms with Gasteiger partial charge in [0.25, 0.3) is 0 Å². The summed E-state index contributed by atoms with van der Waals surface area (Å²) in [5, 5.41) is 0.589. The van der Waals surface area contributed by atoms with E-state index >= 15 is 0 Å². The van der Waals surface area contributed by atoms with Crippen molar-refractivity contribution in [1.29, 1.82) is 0 Å². The molecule has 0 N–H and O–H groups in total. The van der Waals surface area contributed by atoms with Gasteiger partial charge in [0.2, 0.25) is 10.0 Å². The van der Waals surface area contributed by atoms with Crippen LogP contribution in [-0.4, -0.2) is 46.0 Å². The number of hydrogen-bond donors (Lipinski definition) is 0. The predicted octanol–water partition coefficient (Wildman–Crippen LogP) is 3.48. The van der Waals surface area contributed by atoms with Gasteiger partial charge in [-0.1, -0.05) is 11.6 Å². The SMILES string of the molecule is COc1ccc(N2CCN(S(=O)(=O)c3cc(C)c(Cl)cc3C)CC2)cc1. The Kier molecular flexibility index (Phi) is 5.46. The first-order valence-electron chi connectivity index (χ1n) is 8.49. The highest BCUT2D eigenvalue weighted by molar-refractivity contribution is 7.89. The third-order valence-corrected chi connectivity index (χ3v) is 7.20. The van der Waals surface area contributed by atoms with Gasteiger partial charge in [-0.3, -0.25) is 0 Å². The third-order valence-electron chi connectivity index (χ3n) is 4.75. The van der Waals surface area contributed by atoms with Crippen molar-refractivity contribution in [2.75, 3.05) is 38.2 Å². The van der Waals surface area contributed by atoms with E-state index in [0.29, 0.717) is 41.7 Å². The molecule has 2 aromatic rings. The van der Waals surface area contributed by atoms with E-state index in [0.717, 1.165) is 17.0 Å². The maximum absolute atomic E-state index is 13.0. The zero-order valence-electron chi connectivity index (χ0n) is 15.2. The number of ether oxygens (including phenoxy) is 1. The molecule has 0 bridgehead atoms. The molecule has 0 radical (unpaired) electrons. The van der Waals surface area contributed by atoms with Gasteiger partial charge >= 0.3 is 0 Å². The number of piperazine rings is 1. The fraction of sp³-hybridized carbons (Fsp3) is 0.368. The molecule has 140 valence electrons. The summed E-state index contributed by atoms with van der Waals surface area (Å²) >= 11 is 6.11. The van der Waals surface area contributed by atoms with Crippen LogP contribution in [0.3, 0.4) is 0 Å². The van der Waals surface area contributed by atoms with E-state index in [1.807, 2.05) is 31.2 Å². The summed E-state index contributed by atoms with van der Waals surface area (Å²) in [6, 6.07) is 11.2. The number of rotatable bonds is 4. The summed E-state index contributed by atoms with van der Waals surface area (Å²) in [5.41, 5.74) is 2.52. The Hall–Kier alpha value is -1.76. The standard InChI is InChI=1S/C19H23ClN2O3S/c1-14-13-19(15(2)12-18(14)20)26(23,24)22-10-8-21(9-11-22)16-4-6-17(25-3)7-5-16/h4-7,12-13H,8-11H2,1-3H3. The lowest BCUT2D eigenvalue weighted by Gasteiger charge is -2.35. The molecule has 0 amide bonds. The van der Waals surface area contributed by atoms with Gasteiger partial charge < -0.3 is 9.64 Å². The van der Waals surface area contributed by atoms with Crippen LogP contribution < -0.4 is 9.64 Å². The van der Waals surface area contributed by atoms with Crippen LogP contribution in [-0.2, 0) is 10.0 Å². The summed E-state index contributed by atoms with van der Waals surface area (Å²) in [5.74, 6) is 0.809. The highest BCUT2D eigenvalue weighted by Crippen LogP contribution is 2.28. The second-order valence-electron chi connectivity index (χ2n) is 6.46. The van der Waals surface area contributed by atoms with E-state index in [4.69, 9.17) is 16.3 Å². The van der Waals surface area contributed by atoms with Crippen molar-refractivity contribution in [2.45, 2.75) is 18.7 Å². The zero-order chi connectivity index (χ0) is 18.9. The van der Waals surface area contributed by atoms with Crippen LogP contribution in [0.15, 0.2) is 41.3 Å². The average molecular weight is 395 g/mol. The number of benzene rings is 2. The summed E-state index contributed by atoms with van der Waals surface area (Å²) in [4.78, 5) is 2.53. The predicted molar refractivity (Wildman–Crippen MR) is 105 cm³/mol. The first-order chi connectivity index (χ1) is 12.3. The van der Waals surface area contributed by atoms with Crippen LogP contribution >= 0.6 is 11.6 Å². The maximum atomic E-state index is 13.0. The van der Waals surface area contributed by atoms with Crippen LogP contribution in [0.5, 0.6) is 5.75 Å². The van der Waals surface area contributed by atoms with E-state index in [1.54, 1.807) is 30.5 Å². The molecule has 7 heteroatoms. The van der Waals surface area contributed by atoms with Crippen molar-refractivity contribution < 1.29 is 13.2 Å². The monoisotopic (exact) mass is 394 g/mol. The Morgan fingerprint density at radius 2 is 1.58 bits per heavy atom. The summed E-state index contributed by atoms with van der Waals surface area (Å²) < 4.78 is 32.8. The number of anilines is 1.